The predicted molar refractivity (Wildman–Crippen MR) is 118 cm³/mol. The van der Waals surface area contributed by atoms with Crippen molar-refractivity contribution in [3.63, 3.8) is 0 Å². The van der Waals surface area contributed by atoms with Gasteiger partial charge in [-0.15, -0.1) is 0 Å². The fourth-order valence-electron chi connectivity index (χ4n) is 5.67. The first-order valence-electron chi connectivity index (χ1n) is 11.3. The third kappa shape index (κ3) is 6.06. The maximum Gasteiger partial charge on any atom is 0.0897 e. The second-order valence-electron chi connectivity index (χ2n) is 9.53. The summed E-state index contributed by atoms with van der Waals surface area (Å²) in [6, 6.07) is 0.619. The highest BCUT2D eigenvalue weighted by Gasteiger charge is 2.40. The molecule has 1 aliphatic carbocycles. The molecule has 2 saturated heterocycles. The molecule has 0 aromatic carbocycles. The number of nitrogens with one attached hydrogen (secondary N) is 1. The van der Waals surface area contributed by atoms with Crippen molar-refractivity contribution < 1.29 is 10.2 Å². The summed E-state index contributed by atoms with van der Waals surface area (Å²) in [7, 11) is 0. The molecular weight excluding hydrogens is 372 g/mol. The molecule has 5 unspecified atom stereocenters. The molecule has 3 fully saturated rings. The van der Waals surface area contributed by atoms with Gasteiger partial charge in [-0.1, -0.05) is 12.8 Å². The molecule has 3 N–H and O–H groups in total. The van der Waals surface area contributed by atoms with Gasteiger partial charge in [-0.2, -0.15) is 12.6 Å². The van der Waals surface area contributed by atoms with Gasteiger partial charge in [0, 0.05) is 63.9 Å². The number of aliphatic hydroxyl groups excluding tert-OH is 2. The number of rotatable bonds is 7. The summed E-state index contributed by atoms with van der Waals surface area (Å²) in [5, 5.41) is 22.9. The largest absolute Gasteiger partial charge is 0.394 e. The van der Waals surface area contributed by atoms with Gasteiger partial charge in [0.15, 0.2) is 0 Å². The Hall–Kier alpha value is 0.110. The number of thiol groups is 1. The molecule has 164 valence electrons. The van der Waals surface area contributed by atoms with Gasteiger partial charge in [0.1, 0.15) is 0 Å². The van der Waals surface area contributed by atoms with Crippen LogP contribution in [0.3, 0.4) is 0 Å². The zero-order valence-corrected chi connectivity index (χ0v) is 18.8. The summed E-state index contributed by atoms with van der Waals surface area (Å²) in [6.07, 6.45) is 6.00. The van der Waals surface area contributed by atoms with Crippen molar-refractivity contribution in [2.75, 3.05) is 59.0 Å². The van der Waals surface area contributed by atoms with E-state index in [1.165, 1.54) is 32.1 Å². The average molecular weight is 415 g/mol. The molecule has 0 amide bonds. The fraction of sp³-hybridized carbons (Fsp3) is 1.00. The molecule has 0 aromatic rings. The lowest BCUT2D eigenvalue weighted by Crippen LogP contribution is -2.63. The summed E-state index contributed by atoms with van der Waals surface area (Å²) < 4.78 is 0. The van der Waals surface area contributed by atoms with Crippen molar-refractivity contribution in [3.8, 4) is 0 Å². The molecule has 5 atom stereocenters. The minimum absolute atomic E-state index is 0.141. The standard InChI is InChI=1S/C21H42N4O2S/c1-17(24-10-8-23(9-11-24)14-20(27)15-26)12-19-4-3-5-21(13-19)16-25(18(2)28)7-6-22-21/h17-20,22,26-28H,3-16H2,1-2H3. The lowest BCUT2D eigenvalue weighted by molar-refractivity contribution is 0.0255. The number of hydrogen-bond acceptors (Lipinski definition) is 7. The molecule has 2 aliphatic heterocycles. The molecule has 0 bridgehead atoms. The summed E-state index contributed by atoms with van der Waals surface area (Å²) >= 11 is 4.68. The Morgan fingerprint density at radius 2 is 1.89 bits per heavy atom. The van der Waals surface area contributed by atoms with Gasteiger partial charge in [-0.3, -0.25) is 14.7 Å². The maximum absolute atomic E-state index is 9.66. The van der Waals surface area contributed by atoms with E-state index in [0.717, 1.165) is 51.7 Å². The number of hydrogen-bond donors (Lipinski definition) is 4. The van der Waals surface area contributed by atoms with Crippen LogP contribution in [-0.4, -0.2) is 107 Å². The number of aliphatic hydroxyl groups is 2. The smallest absolute Gasteiger partial charge is 0.0897 e. The molecule has 28 heavy (non-hydrogen) atoms. The molecule has 0 radical (unpaired) electrons. The normalized spacial score (nSPS) is 34.4. The van der Waals surface area contributed by atoms with E-state index >= 15 is 0 Å². The maximum atomic E-state index is 9.66. The molecule has 1 saturated carbocycles. The lowest BCUT2D eigenvalue weighted by Gasteiger charge is -2.50. The van der Waals surface area contributed by atoms with Crippen LogP contribution < -0.4 is 5.32 Å². The molecule has 0 aromatic heterocycles. The quantitative estimate of drug-likeness (QED) is 0.463. The van der Waals surface area contributed by atoms with Gasteiger partial charge in [0.25, 0.3) is 0 Å². The summed E-state index contributed by atoms with van der Waals surface area (Å²) in [6.45, 7) is 12.5. The Balaban J connectivity index is 1.46. The highest BCUT2D eigenvalue weighted by Crippen LogP contribution is 2.37. The van der Waals surface area contributed by atoms with Crippen LogP contribution in [0.15, 0.2) is 0 Å². The molecular formula is C21H42N4O2S. The molecule has 2 heterocycles. The third-order valence-corrected chi connectivity index (χ3v) is 7.59. The van der Waals surface area contributed by atoms with E-state index in [2.05, 4.69) is 46.5 Å². The van der Waals surface area contributed by atoms with Crippen molar-refractivity contribution in [1.82, 2.24) is 20.0 Å². The Kier molecular flexibility index (Phi) is 8.48. The molecule has 3 rings (SSSR count). The van der Waals surface area contributed by atoms with E-state index in [0.29, 0.717) is 23.5 Å². The lowest BCUT2D eigenvalue weighted by atomic mass is 9.72. The van der Waals surface area contributed by atoms with E-state index in [4.69, 9.17) is 5.11 Å². The first-order chi connectivity index (χ1) is 13.4. The van der Waals surface area contributed by atoms with Gasteiger partial charge in [0.05, 0.1) is 18.1 Å². The van der Waals surface area contributed by atoms with Crippen LogP contribution in [0.4, 0.5) is 0 Å². The Morgan fingerprint density at radius 3 is 2.57 bits per heavy atom. The second-order valence-corrected chi connectivity index (χ2v) is 10.3. The van der Waals surface area contributed by atoms with E-state index in [9.17, 15) is 5.11 Å². The van der Waals surface area contributed by atoms with Crippen LogP contribution in [-0.2, 0) is 0 Å². The van der Waals surface area contributed by atoms with Crippen LogP contribution in [0.25, 0.3) is 0 Å². The van der Waals surface area contributed by atoms with Crippen LogP contribution in [0.5, 0.6) is 0 Å². The van der Waals surface area contributed by atoms with Crippen molar-refractivity contribution in [2.24, 2.45) is 5.92 Å². The summed E-state index contributed by atoms with van der Waals surface area (Å²) in [5.74, 6) is 0.806. The minimum atomic E-state index is -0.607. The average Bonchev–Trinajstić information content (AvgIpc) is 2.68. The number of nitrogens with zero attached hydrogens (tertiary/aromatic N) is 3. The first kappa shape index (κ1) is 22.8. The van der Waals surface area contributed by atoms with Crippen molar-refractivity contribution in [1.29, 1.82) is 0 Å². The topological polar surface area (TPSA) is 62.2 Å². The van der Waals surface area contributed by atoms with Crippen LogP contribution in [0.2, 0.25) is 0 Å². The van der Waals surface area contributed by atoms with E-state index in [1.807, 2.05) is 0 Å². The highest BCUT2D eigenvalue weighted by molar-refractivity contribution is 7.80. The van der Waals surface area contributed by atoms with Crippen LogP contribution in [0.1, 0.15) is 46.0 Å². The van der Waals surface area contributed by atoms with Gasteiger partial charge < -0.3 is 15.5 Å². The number of β-amino-alcohol motifs (C(OH)–C–C–N with tert-alkyl or cyclic N) is 1. The Morgan fingerprint density at radius 1 is 1.14 bits per heavy atom. The van der Waals surface area contributed by atoms with Crippen LogP contribution >= 0.6 is 12.6 Å². The highest BCUT2D eigenvalue weighted by atomic mass is 32.1. The van der Waals surface area contributed by atoms with Crippen molar-refractivity contribution in [3.05, 3.63) is 0 Å². The van der Waals surface area contributed by atoms with E-state index in [-0.39, 0.29) is 6.61 Å². The van der Waals surface area contributed by atoms with Gasteiger partial charge in [0.2, 0.25) is 0 Å². The molecule has 6 nitrogen and oxygen atoms in total. The summed E-state index contributed by atoms with van der Waals surface area (Å²) in [5.41, 5.74) is 0.303. The van der Waals surface area contributed by atoms with Gasteiger partial charge in [-0.25, -0.2) is 0 Å². The zero-order chi connectivity index (χ0) is 20.1. The van der Waals surface area contributed by atoms with Crippen molar-refractivity contribution in [2.45, 2.75) is 69.0 Å². The Bertz CT molecular complexity index is 471. The summed E-state index contributed by atoms with van der Waals surface area (Å²) in [4.78, 5) is 7.43. The Labute approximate surface area is 177 Å². The van der Waals surface area contributed by atoms with E-state index < -0.39 is 6.10 Å². The second kappa shape index (κ2) is 10.4. The predicted octanol–water partition coefficient (Wildman–Crippen LogP) is 0.846. The fourth-order valence-corrected chi connectivity index (χ4v) is 5.87. The minimum Gasteiger partial charge on any atom is -0.394 e. The third-order valence-electron chi connectivity index (χ3n) is 7.26. The zero-order valence-electron chi connectivity index (χ0n) is 17.9. The monoisotopic (exact) mass is 414 g/mol. The van der Waals surface area contributed by atoms with E-state index in [1.54, 1.807) is 0 Å². The van der Waals surface area contributed by atoms with Crippen molar-refractivity contribution >= 4 is 12.6 Å². The molecule has 7 heteroatoms. The molecule has 3 aliphatic rings. The first-order valence-corrected chi connectivity index (χ1v) is 11.8. The molecule has 1 spiro atoms. The van der Waals surface area contributed by atoms with Crippen LogP contribution in [0, 0.1) is 5.92 Å². The van der Waals surface area contributed by atoms with Gasteiger partial charge >= 0.3 is 0 Å². The van der Waals surface area contributed by atoms with Gasteiger partial charge in [-0.05, 0) is 39.0 Å². The SMILES string of the molecule is CC(S)N1CCNC2(CCCC(CC(C)N3CCN(CC(O)CO)CC3)C2)C1. The number of piperazine rings is 2.